The highest BCUT2D eigenvalue weighted by Gasteiger charge is 2.17. The normalized spacial score (nSPS) is 10.5. The predicted octanol–water partition coefficient (Wildman–Crippen LogP) is 1.30. The lowest BCUT2D eigenvalue weighted by atomic mass is 10.3. The minimum absolute atomic E-state index is 0.0775. The number of aryl methyl sites for hydroxylation is 1. The van der Waals surface area contributed by atoms with Gasteiger partial charge in [0.15, 0.2) is 10.1 Å². The Morgan fingerprint density at radius 1 is 1.26 bits per heavy atom. The summed E-state index contributed by atoms with van der Waals surface area (Å²) in [7, 11) is 0. The van der Waals surface area contributed by atoms with Gasteiger partial charge in [-0.1, -0.05) is 16.4 Å². The first-order valence-corrected chi connectivity index (χ1v) is 7.98. The van der Waals surface area contributed by atoms with Gasteiger partial charge in [-0.25, -0.2) is 9.97 Å². The summed E-state index contributed by atoms with van der Waals surface area (Å²) in [6, 6.07) is 0. The number of anilines is 2. The van der Waals surface area contributed by atoms with Crippen LogP contribution in [-0.4, -0.2) is 42.4 Å². The fraction of sp³-hybridized carbons (Fsp3) is 0.182. The molecular weight excluding hydrogens is 340 g/mol. The highest BCUT2D eigenvalue weighted by molar-refractivity contribution is 7.19. The van der Waals surface area contributed by atoms with E-state index < -0.39 is 5.91 Å². The SMILES string of the molecule is CC(=O)Nc1nc(C)c(-c2csc(C(=O)Nc3nn[nH]n3)n2)s1. The number of carbonyl (C=O) groups is 2. The number of hydrogen-bond donors (Lipinski definition) is 3. The van der Waals surface area contributed by atoms with Gasteiger partial charge in [0, 0.05) is 12.3 Å². The van der Waals surface area contributed by atoms with Crippen molar-refractivity contribution >= 4 is 45.6 Å². The third kappa shape index (κ3) is 3.37. The lowest BCUT2D eigenvalue weighted by molar-refractivity contribution is -0.114. The molecule has 118 valence electrons. The number of thiazole rings is 2. The second kappa shape index (κ2) is 6.18. The van der Waals surface area contributed by atoms with E-state index in [0.29, 0.717) is 10.8 Å². The maximum atomic E-state index is 12.0. The summed E-state index contributed by atoms with van der Waals surface area (Å²) >= 11 is 2.49. The summed E-state index contributed by atoms with van der Waals surface area (Å²) in [5, 5.41) is 20.5. The molecule has 0 radical (unpaired) electrons. The van der Waals surface area contributed by atoms with Gasteiger partial charge >= 0.3 is 0 Å². The van der Waals surface area contributed by atoms with Crippen LogP contribution in [0.1, 0.15) is 22.4 Å². The number of carbonyl (C=O) groups excluding carboxylic acids is 2. The van der Waals surface area contributed by atoms with Gasteiger partial charge in [0.05, 0.1) is 16.3 Å². The topological polar surface area (TPSA) is 138 Å². The molecule has 0 aliphatic rings. The van der Waals surface area contributed by atoms with Crippen LogP contribution in [0.3, 0.4) is 0 Å². The molecule has 0 spiro atoms. The van der Waals surface area contributed by atoms with Crippen molar-refractivity contribution in [2.75, 3.05) is 10.6 Å². The van der Waals surface area contributed by atoms with Crippen molar-refractivity contribution in [1.29, 1.82) is 0 Å². The largest absolute Gasteiger partial charge is 0.302 e. The van der Waals surface area contributed by atoms with Crippen molar-refractivity contribution in [2.24, 2.45) is 0 Å². The van der Waals surface area contributed by atoms with Crippen LogP contribution in [0.25, 0.3) is 10.6 Å². The minimum atomic E-state index is -0.424. The van der Waals surface area contributed by atoms with Gasteiger partial charge in [-0.2, -0.15) is 5.21 Å². The van der Waals surface area contributed by atoms with Gasteiger partial charge in [-0.3, -0.25) is 14.9 Å². The lowest BCUT2D eigenvalue weighted by Gasteiger charge is -1.95. The number of amides is 2. The van der Waals surface area contributed by atoms with Crippen LogP contribution in [-0.2, 0) is 4.79 Å². The molecule has 3 rings (SSSR count). The van der Waals surface area contributed by atoms with Gasteiger partial charge in [-0.05, 0) is 12.1 Å². The van der Waals surface area contributed by atoms with Crippen LogP contribution in [0.5, 0.6) is 0 Å². The fourth-order valence-electron chi connectivity index (χ4n) is 1.69. The first-order chi connectivity index (χ1) is 11.0. The molecule has 0 aliphatic carbocycles. The van der Waals surface area contributed by atoms with E-state index >= 15 is 0 Å². The molecule has 0 aliphatic heterocycles. The minimum Gasteiger partial charge on any atom is -0.302 e. The molecule has 0 fully saturated rings. The molecule has 12 heteroatoms. The molecule has 0 aromatic carbocycles. The maximum absolute atomic E-state index is 12.0. The van der Waals surface area contributed by atoms with Crippen LogP contribution < -0.4 is 10.6 Å². The van der Waals surface area contributed by atoms with E-state index in [1.165, 1.54) is 29.6 Å². The first-order valence-electron chi connectivity index (χ1n) is 6.28. The summed E-state index contributed by atoms with van der Waals surface area (Å²) in [5.74, 6) is -0.538. The van der Waals surface area contributed by atoms with Crippen molar-refractivity contribution in [3.05, 3.63) is 16.1 Å². The zero-order chi connectivity index (χ0) is 16.4. The van der Waals surface area contributed by atoms with Crippen molar-refractivity contribution in [3.63, 3.8) is 0 Å². The van der Waals surface area contributed by atoms with E-state index in [1.54, 1.807) is 5.38 Å². The number of nitrogens with one attached hydrogen (secondary N) is 3. The summed E-state index contributed by atoms with van der Waals surface area (Å²) < 4.78 is 0. The standard InChI is InChI=1S/C11H10N8O2S2/c1-4-7(23-11(12-4)13-5(2)20)6-3-22-9(14-6)8(21)15-10-16-18-19-17-10/h3H,1-2H3,(H,12,13,20)(H2,15,16,17,18,19,21). The average molecular weight is 350 g/mol. The van der Waals surface area contributed by atoms with Crippen LogP contribution in [0.4, 0.5) is 11.1 Å². The third-order valence-corrected chi connectivity index (χ3v) is 4.52. The van der Waals surface area contributed by atoms with Gasteiger partial charge in [0.1, 0.15) is 0 Å². The van der Waals surface area contributed by atoms with Crippen molar-refractivity contribution in [1.82, 2.24) is 30.6 Å². The van der Waals surface area contributed by atoms with Crippen molar-refractivity contribution in [3.8, 4) is 10.6 Å². The molecule has 2 amide bonds. The fourth-order valence-corrected chi connectivity index (χ4v) is 3.44. The summed E-state index contributed by atoms with van der Waals surface area (Å²) in [6.07, 6.45) is 0. The Balaban J connectivity index is 1.80. The lowest BCUT2D eigenvalue weighted by Crippen LogP contribution is -2.12. The van der Waals surface area contributed by atoms with E-state index in [0.717, 1.165) is 10.6 Å². The molecule has 0 saturated carbocycles. The van der Waals surface area contributed by atoms with E-state index in [1.807, 2.05) is 6.92 Å². The van der Waals surface area contributed by atoms with E-state index in [-0.39, 0.29) is 16.9 Å². The molecule has 3 aromatic heterocycles. The number of H-pyrrole nitrogens is 1. The highest BCUT2D eigenvalue weighted by atomic mass is 32.1. The van der Waals surface area contributed by atoms with Crippen molar-refractivity contribution < 1.29 is 9.59 Å². The Bertz CT molecular complexity index is 853. The Kier molecular flexibility index (Phi) is 4.08. The Morgan fingerprint density at radius 3 is 2.78 bits per heavy atom. The molecule has 3 N–H and O–H groups in total. The summed E-state index contributed by atoms with van der Waals surface area (Å²) in [5.41, 5.74) is 1.36. The number of nitrogens with zero attached hydrogens (tertiary/aromatic N) is 5. The quantitative estimate of drug-likeness (QED) is 0.644. The second-order valence-electron chi connectivity index (χ2n) is 4.34. The summed E-state index contributed by atoms with van der Waals surface area (Å²) in [4.78, 5) is 32.5. The first kappa shape index (κ1) is 15.2. The van der Waals surface area contributed by atoms with Gasteiger partial charge in [-0.15, -0.1) is 16.4 Å². The Labute approximate surface area is 137 Å². The van der Waals surface area contributed by atoms with E-state index in [4.69, 9.17) is 0 Å². The van der Waals surface area contributed by atoms with Gasteiger partial charge in [0.25, 0.3) is 11.9 Å². The molecule has 23 heavy (non-hydrogen) atoms. The van der Waals surface area contributed by atoms with Gasteiger partial charge < -0.3 is 5.32 Å². The molecular formula is C11H10N8O2S2. The smallest absolute Gasteiger partial charge is 0.287 e. The molecule has 3 heterocycles. The van der Waals surface area contributed by atoms with E-state index in [2.05, 4.69) is 41.2 Å². The highest BCUT2D eigenvalue weighted by Crippen LogP contribution is 2.33. The van der Waals surface area contributed by atoms with E-state index in [9.17, 15) is 9.59 Å². The van der Waals surface area contributed by atoms with Gasteiger partial charge in [0.2, 0.25) is 5.91 Å². The Hall–Kier alpha value is -2.73. The number of hydrogen-bond acceptors (Lipinski definition) is 9. The summed E-state index contributed by atoms with van der Waals surface area (Å²) in [6.45, 7) is 3.23. The number of rotatable bonds is 4. The number of aromatic amines is 1. The van der Waals surface area contributed by atoms with Crippen molar-refractivity contribution in [2.45, 2.75) is 13.8 Å². The maximum Gasteiger partial charge on any atom is 0.287 e. The molecule has 10 nitrogen and oxygen atoms in total. The van der Waals surface area contributed by atoms with Crippen LogP contribution in [0.15, 0.2) is 5.38 Å². The molecule has 0 atom stereocenters. The number of tetrazole rings is 1. The molecule has 0 bridgehead atoms. The van der Waals surface area contributed by atoms with Crippen LogP contribution in [0, 0.1) is 6.92 Å². The number of aromatic nitrogens is 6. The second-order valence-corrected chi connectivity index (χ2v) is 6.20. The van der Waals surface area contributed by atoms with Crippen LogP contribution in [0.2, 0.25) is 0 Å². The third-order valence-electron chi connectivity index (χ3n) is 2.58. The average Bonchev–Trinajstić information content (AvgIpc) is 3.18. The molecule has 0 saturated heterocycles. The molecule has 0 unspecified atom stereocenters. The zero-order valence-corrected chi connectivity index (χ0v) is 13.6. The molecule has 3 aromatic rings. The predicted molar refractivity (Wildman–Crippen MR) is 84.4 cm³/mol. The van der Waals surface area contributed by atoms with Crippen LogP contribution >= 0.6 is 22.7 Å². The monoisotopic (exact) mass is 350 g/mol. The zero-order valence-electron chi connectivity index (χ0n) is 11.9. The Morgan fingerprint density at radius 2 is 2.09 bits per heavy atom.